The number of pyridine rings is 1. The van der Waals surface area contributed by atoms with Crippen molar-refractivity contribution in [2.75, 3.05) is 11.9 Å². The van der Waals surface area contributed by atoms with Gasteiger partial charge in [0.25, 0.3) is 5.91 Å². The van der Waals surface area contributed by atoms with Gasteiger partial charge in [-0.05, 0) is 30.2 Å². The highest BCUT2D eigenvalue weighted by Crippen LogP contribution is 2.12. The van der Waals surface area contributed by atoms with E-state index >= 15 is 0 Å². The summed E-state index contributed by atoms with van der Waals surface area (Å²) in [5.41, 5.74) is 1.56. The number of anilines is 1. The maximum atomic E-state index is 12.2. The Morgan fingerprint density at radius 1 is 1.23 bits per heavy atom. The van der Waals surface area contributed by atoms with Crippen molar-refractivity contribution in [1.82, 2.24) is 10.3 Å². The van der Waals surface area contributed by atoms with E-state index in [0.29, 0.717) is 23.2 Å². The molecule has 5 heteroatoms. The zero-order valence-electron chi connectivity index (χ0n) is 12.7. The molecule has 4 nitrogen and oxygen atoms in total. The minimum Gasteiger partial charge on any atom is -0.380 e. The van der Waals surface area contributed by atoms with Gasteiger partial charge in [-0.1, -0.05) is 43.6 Å². The van der Waals surface area contributed by atoms with Gasteiger partial charge < -0.3 is 10.6 Å². The maximum Gasteiger partial charge on any atom is 0.251 e. The van der Waals surface area contributed by atoms with E-state index in [0.717, 1.165) is 5.69 Å². The standard InChI is InChI=1S/C17H20ClN3O/c1-12(2)15(21-14-6-4-3-5-7-14)11-20-17(22)13-8-9-19-16(18)10-13/h3-10,12,15,21H,11H2,1-2H3,(H,20,22). The highest BCUT2D eigenvalue weighted by molar-refractivity contribution is 6.29. The fraction of sp³-hybridized carbons (Fsp3) is 0.294. The zero-order valence-corrected chi connectivity index (χ0v) is 13.5. The highest BCUT2D eigenvalue weighted by Gasteiger charge is 2.15. The molecule has 22 heavy (non-hydrogen) atoms. The SMILES string of the molecule is CC(C)C(CNC(=O)c1ccnc(Cl)c1)Nc1ccccc1. The normalized spacial score (nSPS) is 12.0. The van der Waals surface area contributed by atoms with Gasteiger partial charge >= 0.3 is 0 Å². The Kier molecular flexibility index (Phi) is 5.78. The number of nitrogens with zero attached hydrogens (tertiary/aromatic N) is 1. The first kappa shape index (κ1) is 16.3. The van der Waals surface area contributed by atoms with Crippen LogP contribution in [0.2, 0.25) is 5.15 Å². The fourth-order valence-electron chi connectivity index (χ4n) is 2.05. The van der Waals surface area contributed by atoms with Crippen molar-refractivity contribution in [3.8, 4) is 0 Å². The number of nitrogens with one attached hydrogen (secondary N) is 2. The molecule has 0 fully saturated rings. The molecule has 116 valence electrons. The minimum atomic E-state index is -0.148. The number of halogens is 1. The number of amides is 1. The number of aromatic nitrogens is 1. The first-order valence-electron chi connectivity index (χ1n) is 7.27. The van der Waals surface area contributed by atoms with E-state index < -0.39 is 0 Å². The molecule has 2 aromatic rings. The second-order valence-electron chi connectivity index (χ2n) is 5.44. The van der Waals surface area contributed by atoms with Gasteiger partial charge in [-0.25, -0.2) is 4.98 Å². The Hall–Kier alpha value is -2.07. The van der Waals surface area contributed by atoms with Gasteiger partial charge in [0, 0.05) is 30.0 Å². The van der Waals surface area contributed by atoms with Gasteiger partial charge in [-0.3, -0.25) is 4.79 Å². The Labute approximate surface area is 135 Å². The predicted octanol–water partition coefficient (Wildman–Crippen LogP) is 3.60. The molecule has 0 aliphatic rings. The van der Waals surface area contributed by atoms with Crippen LogP contribution in [-0.4, -0.2) is 23.5 Å². The molecule has 1 unspecified atom stereocenters. The summed E-state index contributed by atoms with van der Waals surface area (Å²) in [4.78, 5) is 16.0. The lowest BCUT2D eigenvalue weighted by Crippen LogP contribution is -2.39. The molecule has 1 heterocycles. The Morgan fingerprint density at radius 2 is 1.95 bits per heavy atom. The molecule has 2 N–H and O–H groups in total. The molecule has 0 aliphatic heterocycles. The van der Waals surface area contributed by atoms with Crippen LogP contribution in [0.1, 0.15) is 24.2 Å². The van der Waals surface area contributed by atoms with Gasteiger partial charge in [-0.2, -0.15) is 0 Å². The van der Waals surface area contributed by atoms with Crippen LogP contribution < -0.4 is 10.6 Å². The van der Waals surface area contributed by atoms with Gasteiger partial charge in [0.1, 0.15) is 5.15 Å². The molecule has 0 aliphatic carbocycles. The first-order valence-corrected chi connectivity index (χ1v) is 7.65. The molecule has 0 saturated carbocycles. The molecule has 1 aromatic heterocycles. The van der Waals surface area contributed by atoms with Crippen molar-refractivity contribution in [2.45, 2.75) is 19.9 Å². The van der Waals surface area contributed by atoms with Crippen molar-refractivity contribution >= 4 is 23.2 Å². The molecular weight excluding hydrogens is 298 g/mol. The number of carbonyl (C=O) groups is 1. The molecule has 0 bridgehead atoms. The summed E-state index contributed by atoms with van der Waals surface area (Å²) < 4.78 is 0. The molecule has 0 radical (unpaired) electrons. The van der Waals surface area contributed by atoms with Crippen LogP contribution in [0.25, 0.3) is 0 Å². The number of hydrogen-bond donors (Lipinski definition) is 2. The molecule has 1 aromatic carbocycles. The third kappa shape index (κ3) is 4.74. The van der Waals surface area contributed by atoms with Crippen LogP contribution in [-0.2, 0) is 0 Å². The molecule has 0 saturated heterocycles. The van der Waals surface area contributed by atoms with E-state index in [9.17, 15) is 4.79 Å². The molecule has 1 amide bonds. The molecule has 0 spiro atoms. The summed E-state index contributed by atoms with van der Waals surface area (Å²) in [6.07, 6.45) is 1.53. The van der Waals surface area contributed by atoms with Crippen molar-refractivity contribution < 1.29 is 4.79 Å². The summed E-state index contributed by atoms with van der Waals surface area (Å²) in [6, 6.07) is 13.3. The molecular formula is C17H20ClN3O. The van der Waals surface area contributed by atoms with E-state index in [1.54, 1.807) is 12.1 Å². The second-order valence-corrected chi connectivity index (χ2v) is 5.83. The topological polar surface area (TPSA) is 54.0 Å². The number of rotatable bonds is 6. The highest BCUT2D eigenvalue weighted by atomic mass is 35.5. The third-order valence-corrected chi connectivity index (χ3v) is 3.61. The molecule has 1 atom stereocenters. The van der Waals surface area contributed by atoms with Gasteiger partial charge in [0.05, 0.1) is 0 Å². The van der Waals surface area contributed by atoms with Crippen LogP contribution in [0.5, 0.6) is 0 Å². The predicted molar refractivity (Wildman–Crippen MR) is 90.3 cm³/mol. The van der Waals surface area contributed by atoms with Crippen molar-refractivity contribution in [1.29, 1.82) is 0 Å². The fourth-order valence-corrected chi connectivity index (χ4v) is 2.22. The van der Waals surface area contributed by atoms with Crippen LogP contribution >= 0.6 is 11.6 Å². The molecule has 2 rings (SSSR count). The lowest BCUT2D eigenvalue weighted by atomic mass is 10.0. The van der Waals surface area contributed by atoms with E-state index in [1.165, 1.54) is 6.20 Å². The second kappa shape index (κ2) is 7.80. The summed E-state index contributed by atoms with van der Waals surface area (Å²) in [7, 11) is 0. The summed E-state index contributed by atoms with van der Waals surface area (Å²) in [6.45, 7) is 4.78. The van der Waals surface area contributed by atoms with Crippen molar-refractivity contribution in [2.24, 2.45) is 5.92 Å². The smallest absolute Gasteiger partial charge is 0.251 e. The summed E-state index contributed by atoms with van der Waals surface area (Å²) >= 11 is 5.81. The van der Waals surface area contributed by atoms with E-state index in [4.69, 9.17) is 11.6 Å². The maximum absolute atomic E-state index is 12.2. The van der Waals surface area contributed by atoms with E-state index in [-0.39, 0.29) is 11.9 Å². The van der Waals surface area contributed by atoms with Crippen LogP contribution in [0.4, 0.5) is 5.69 Å². The lowest BCUT2D eigenvalue weighted by Gasteiger charge is -2.24. The quantitative estimate of drug-likeness (QED) is 0.800. The number of hydrogen-bond acceptors (Lipinski definition) is 3. The first-order chi connectivity index (χ1) is 10.6. The number of carbonyl (C=O) groups excluding carboxylic acids is 1. The van der Waals surface area contributed by atoms with Gasteiger partial charge in [0.15, 0.2) is 0 Å². The summed E-state index contributed by atoms with van der Waals surface area (Å²) in [5.74, 6) is 0.228. The number of para-hydroxylation sites is 1. The number of benzene rings is 1. The largest absolute Gasteiger partial charge is 0.380 e. The monoisotopic (exact) mass is 317 g/mol. The Morgan fingerprint density at radius 3 is 2.59 bits per heavy atom. The average Bonchev–Trinajstić information content (AvgIpc) is 2.51. The van der Waals surface area contributed by atoms with Crippen LogP contribution in [0, 0.1) is 5.92 Å². The van der Waals surface area contributed by atoms with Gasteiger partial charge in [0.2, 0.25) is 0 Å². The zero-order chi connectivity index (χ0) is 15.9. The van der Waals surface area contributed by atoms with Crippen LogP contribution in [0.15, 0.2) is 48.7 Å². The van der Waals surface area contributed by atoms with Crippen LogP contribution in [0.3, 0.4) is 0 Å². The average molecular weight is 318 g/mol. The lowest BCUT2D eigenvalue weighted by molar-refractivity contribution is 0.0950. The Balaban J connectivity index is 1.96. The summed E-state index contributed by atoms with van der Waals surface area (Å²) in [5, 5.41) is 6.70. The van der Waals surface area contributed by atoms with E-state index in [2.05, 4.69) is 29.5 Å². The van der Waals surface area contributed by atoms with Gasteiger partial charge in [-0.15, -0.1) is 0 Å². The van der Waals surface area contributed by atoms with Crippen molar-refractivity contribution in [3.05, 3.63) is 59.4 Å². The third-order valence-electron chi connectivity index (χ3n) is 3.40. The van der Waals surface area contributed by atoms with Crippen molar-refractivity contribution in [3.63, 3.8) is 0 Å². The Bertz CT molecular complexity index is 616. The van der Waals surface area contributed by atoms with E-state index in [1.807, 2.05) is 30.3 Å². The minimum absolute atomic E-state index is 0.142.